The van der Waals surface area contributed by atoms with E-state index in [0.29, 0.717) is 31.3 Å². The number of rotatable bonds is 8. The van der Waals surface area contributed by atoms with Gasteiger partial charge in [0.2, 0.25) is 10.0 Å². The van der Waals surface area contributed by atoms with Crippen molar-refractivity contribution in [3.05, 3.63) is 59.2 Å². The van der Waals surface area contributed by atoms with Crippen molar-refractivity contribution >= 4 is 21.7 Å². The molecule has 28 heavy (non-hydrogen) atoms. The molecule has 0 radical (unpaired) electrons. The van der Waals surface area contributed by atoms with Crippen LogP contribution in [0, 0.1) is 6.92 Å². The SMILES string of the molecule is CCOc1cc(C)ccc1CNC(=NC)NCc1ccccc1NS(C)(=O)=O. The minimum Gasteiger partial charge on any atom is -0.494 e. The Hall–Kier alpha value is -2.74. The summed E-state index contributed by atoms with van der Waals surface area (Å²) >= 11 is 0. The summed E-state index contributed by atoms with van der Waals surface area (Å²) in [6.45, 7) is 5.57. The van der Waals surface area contributed by atoms with Crippen LogP contribution < -0.4 is 20.1 Å². The normalized spacial score (nSPS) is 11.8. The highest BCUT2D eigenvalue weighted by Gasteiger charge is 2.09. The van der Waals surface area contributed by atoms with Gasteiger partial charge in [0.25, 0.3) is 0 Å². The predicted octanol–water partition coefficient (Wildman–Crippen LogP) is 2.63. The van der Waals surface area contributed by atoms with Crippen molar-refractivity contribution in [1.82, 2.24) is 10.6 Å². The standard InChI is InChI=1S/C20H28N4O3S/c1-5-27-19-12-15(2)10-11-17(19)14-23-20(21-3)22-13-16-8-6-7-9-18(16)24-28(4,25)26/h6-12,24H,5,13-14H2,1-4H3,(H2,21,22,23). The smallest absolute Gasteiger partial charge is 0.229 e. The molecule has 8 heteroatoms. The van der Waals surface area contributed by atoms with Crippen LogP contribution in [0.3, 0.4) is 0 Å². The maximum absolute atomic E-state index is 11.5. The second-order valence-electron chi connectivity index (χ2n) is 6.35. The number of ether oxygens (including phenoxy) is 1. The van der Waals surface area contributed by atoms with Gasteiger partial charge in [0.05, 0.1) is 18.6 Å². The first-order valence-corrected chi connectivity index (χ1v) is 10.9. The van der Waals surface area contributed by atoms with Crippen LogP contribution in [-0.2, 0) is 23.1 Å². The fraction of sp³-hybridized carbons (Fsp3) is 0.350. The molecular weight excluding hydrogens is 376 g/mol. The van der Waals surface area contributed by atoms with Gasteiger partial charge >= 0.3 is 0 Å². The van der Waals surface area contributed by atoms with Crippen LogP contribution in [0.2, 0.25) is 0 Å². The molecule has 0 heterocycles. The number of nitrogens with zero attached hydrogens (tertiary/aromatic N) is 1. The molecule has 2 rings (SSSR count). The van der Waals surface area contributed by atoms with Crippen LogP contribution in [0.15, 0.2) is 47.5 Å². The topological polar surface area (TPSA) is 91.8 Å². The van der Waals surface area contributed by atoms with E-state index in [4.69, 9.17) is 4.74 Å². The molecule has 0 amide bonds. The molecule has 0 spiro atoms. The number of anilines is 1. The summed E-state index contributed by atoms with van der Waals surface area (Å²) < 4.78 is 31.3. The van der Waals surface area contributed by atoms with E-state index < -0.39 is 10.0 Å². The summed E-state index contributed by atoms with van der Waals surface area (Å²) in [5.41, 5.74) is 3.55. The lowest BCUT2D eigenvalue weighted by Crippen LogP contribution is -2.36. The van der Waals surface area contributed by atoms with Crippen molar-refractivity contribution in [3.63, 3.8) is 0 Å². The molecular formula is C20H28N4O3S. The zero-order chi connectivity index (χ0) is 20.6. The van der Waals surface area contributed by atoms with E-state index in [1.165, 1.54) is 0 Å². The molecule has 0 saturated carbocycles. The van der Waals surface area contributed by atoms with Crippen molar-refractivity contribution in [2.45, 2.75) is 26.9 Å². The third-order valence-electron chi connectivity index (χ3n) is 3.95. The van der Waals surface area contributed by atoms with E-state index >= 15 is 0 Å². The number of hydrogen-bond acceptors (Lipinski definition) is 4. The number of aryl methyl sites for hydroxylation is 1. The van der Waals surface area contributed by atoms with Crippen molar-refractivity contribution < 1.29 is 13.2 Å². The van der Waals surface area contributed by atoms with Gasteiger partial charge < -0.3 is 15.4 Å². The molecule has 2 aromatic rings. The van der Waals surface area contributed by atoms with Gasteiger partial charge in [-0.25, -0.2) is 8.42 Å². The summed E-state index contributed by atoms with van der Waals surface area (Å²) in [4.78, 5) is 4.23. The van der Waals surface area contributed by atoms with Gasteiger partial charge in [-0.1, -0.05) is 30.3 Å². The third kappa shape index (κ3) is 6.77. The second-order valence-corrected chi connectivity index (χ2v) is 8.10. The summed E-state index contributed by atoms with van der Waals surface area (Å²) in [5.74, 6) is 1.46. The molecule has 0 aromatic heterocycles. The second kappa shape index (κ2) is 9.98. The molecule has 0 bridgehead atoms. The third-order valence-corrected chi connectivity index (χ3v) is 4.54. The Morgan fingerprint density at radius 1 is 1.07 bits per heavy atom. The van der Waals surface area contributed by atoms with Crippen LogP contribution in [0.25, 0.3) is 0 Å². The van der Waals surface area contributed by atoms with Crippen molar-refractivity contribution in [3.8, 4) is 5.75 Å². The Morgan fingerprint density at radius 3 is 2.39 bits per heavy atom. The molecule has 0 aliphatic heterocycles. The number of guanidine groups is 1. The highest BCUT2D eigenvalue weighted by atomic mass is 32.2. The zero-order valence-electron chi connectivity index (χ0n) is 16.7. The first-order chi connectivity index (χ1) is 13.3. The number of para-hydroxylation sites is 1. The number of nitrogens with one attached hydrogen (secondary N) is 3. The minimum absolute atomic E-state index is 0.421. The van der Waals surface area contributed by atoms with Gasteiger partial charge in [0.1, 0.15) is 5.75 Å². The van der Waals surface area contributed by atoms with E-state index in [-0.39, 0.29) is 0 Å². The Kier molecular flexibility index (Phi) is 7.69. The number of sulfonamides is 1. The Morgan fingerprint density at radius 2 is 1.75 bits per heavy atom. The van der Waals surface area contributed by atoms with Gasteiger partial charge in [-0.15, -0.1) is 0 Å². The number of aliphatic imine (C=N–C) groups is 1. The lowest BCUT2D eigenvalue weighted by molar-refractivity contribution is 0.336. The van der Waals surface area contributed by atoms with Gasteiger partial charge in [-0.2, -0.15) is 0 Å². The largest absolute Gasteiger partial charge is 0.494 e. The Labute approximate surface area is 167 Å². The van der Waals surface area contributed by atoms with E-state index in [1.807, 2.05) is 44.2 Å². The first-order valence-electron chi connectivity index (χ1n) is 9.05. The highest BCUT2D eigenvalue weighted by molar-refractivity contribution is 7.92. The Balaban J connectivity index is 2.02. The van der Waals surface area contributed by atoms with E-state index in [2.05, 4.69) is 20.3 Å². The molecule has 0 unspecified atom stereocenters. The van der Waals surface area contributed by atoms with Crippen molar-refractivity contribution in [2.75, 3.05) is 24.6 Å². The highest BCUT2D eigenvalue weighted by Crippen LogP contribution is 2.20. The van der Waals surface area contributed by atoms with E-state index in [9.17, 15) is 8.42 Å². The summed E-state index contributed by atoms with van der Waals surface area (Å²) in [7, 11) is -1.65. The molecule has 0 saturated heterocycles. The predicted molar refractivity (Wildman–Crippen MR) is 114 cm³/mol. The molecule has 3 N–H and O–H groups in total. The maximum Gasteiger partial charge on any atom is 0.229 e. The fourth-order valence-electron chi connectivity index (χ4n) is 2.65. The maximum atomic E-state index is 11.5. The van der Waals surface area contributed by atoms with Crippen LogP contribution in [-0.4, -0.2) is 34.3 Å². The number of benzene rings is 2. The van der Waals surface area contributed by atoms with Crippen LogP contribution in [0.1, 0.15) is 23.6 Å². The summed E-state index contributed by atoms with van der Waals surface area (Å²) in [6.07, 6.45) is 1.13. The lowest BCUT2D eigenvalue weighted by atomic mass is 10.1. The minimum atomic E-state index is -3.34. The molecule has 7 nitrogen and oxygen atoms in total. The fourth-order valence-corrected chi connectivity index (χ4v) is 3.25. The number of hydrogen-bond donors (Lipinski definition) is 3. The van der Waals surface area contributed by atoms with E-state index in [1.54, 1.807) is 19.2 Å². The summed E-state index contributed by atoms with van der Waals surface area (Å²) in [5, 5.41) is 6.47. The quantitative estimate of drug-likeness (QED) is 0.465. The molecule has 152 valence electrons. The Bertz CT molecular complexity index is 927. The van der Waals surface area contributed by atoms with Gasteiger partial charge in [-0.3, -0.25) is 9.71 Å². The van der Waals surface area contributed by atoms with Gasteiger partial charge in [-0.05, 0) is 37.1 Å². The van der Waals surface area contributed by atoms with Gasteiger partial charge in [0.15, 0.2) is 5.96 Å². The summed E-state index contributed by atoms with van der Waals surface area (Å²) in [6, 6.07) is 13.3. The molecule has 2 aromatic carbocycles. The van der Waals surface area contributed by atoms with Gasteiger partial charge in [0, 0.05) is 25.7 Å². The average molecular weight is 405 g/mol. The molecule has 0 atom stereocenters. The molecule has 0 aliphatic rings. The zero-order valence-corrected chi connectivity index (χ0v) is 17.6. The van der Waals surface area contributed by atoms with Crippen molar-refractivity contribution in [2.24, 2.45) is 4.99 Å². The molecule has 0 aliphatic carbocycles. The van der Waals surface area contributed by atoms with Crippen LogP contribution in [0.5, 0.6) is 5.75 Å². The van der Waals surface area contributed by atoms with Crippen LogP contribution >= 0.6 is 0 Å². The van der Waals surface area contributed by atoms with E-state index in [0.717, 1.165) is 28.7 Å². The van der Waals surface area contributed by atoms with Crippen LogP contribution in [0.4, 0.5) is 5.69 Å². The molecule has 0 fully saturated rings. The first kappa shape index (κ1) is 21.6. The lowest BCUT2D eigenvalue weighted by Gasteiger charge is -2.16. The monoisotopic (exact) mass is 404 g/mol. The van der Waals surface area contributed by atoms with Crippen molar-refractivity contribution in [1.29, 1.82) is 0 Å². The average Bonchev–Trinajstić information content (AvgIpc) is 2.63.